The van der Waals surface area contributed by atoms with Crippen molar-refractivity contribution in [3.8, 4) is 28.7 Å². The largest absolute Gasteiger partial charge is 0.524 e. The number of phosphoric ester groups is 5. The summed E-state index contributed by atoms with van der Waals surface area (Å²) in [6.45, 7) is -21.6. The molecule has 528 valence electrons. The van der Waals surface area contributed by atoms with Gasteiger partial charge in [0.1, 0.15) is 28.7 Å². The van der Waals surface area contributed by atoms with Crippen LogP contribution in [-0.4, -0.2) is 201 Å². The Balaban J connectivity index is 0.000000273. The van der Waals surface area contributed by atoms with E-state index in [1.807, 2.05) is 0 Å². The number of aryl methyl sites for hydroxylation is 5. The number of hydrogen-bond donors (Lipinski definition) is 15. The van der Waals surface area contributed by atoms with Crippen LogP contribution < -0.4 is 22.6 Å². The molecule has 0 fully saturated rings. The number of nitrogens with one attached hydrogen (secondary N) is 5. The first-order valence-corrected chi connectivity index (χ1v) is 34.2. The molecule has 5 unspecified atom stereocenters. The molecular formula is C61H89N10O20P5. The Hall–Kier alpha value is -6.65. The zero-order valence-electron chi connectivity index (χ0n) is 77.5. The Labute approximate surface area is 594 Å². The monoisotopic (exact) mass is 1460 g/mol. The van der Waals surface area contributed by atoms with Crippen molar-refractivity contribution in [1.82, 2.24) is 49.4 Å². The predicted molar refractivity (Wildman–Crippen MR) is 373 cm³/mol. The van der Waals surface area contributed by atoms with E-state index in [1.54, 1.807) is 24.3 Å². The van der Waals surface area contributed by atoms with Gasteiger partial charge < -0.3 is 72.0 Å². The summed E-state index contributed by atoms with van der Waals surface area (Å²) in [6.07, 6.45) is -3.13. The first kappa shape index (κ1) is 48.2. The van der Waals surface area contributed by atoms with E-state index in [9.17, 15) is 22.8 Å². The quantitative estimate of drug-likeness (QED) is 0.0237. The van der Waals surface area contributed by atoms with Crippen LogP contribution in [0.15, 0.2) is 122 Å². The molecule has 96 heavy (non-hydrogen) atoms. The highest BCUT2D eigenvalue weighted by Gasteiger charge is 2.25. The Morgan fingerprint density at radius 3 is 0.760 bits per heavy atom. The second kappa shape index (κ2) is 35.2. The van der Waals surface area contributed by atoms with Crippen molar-refractivity contribution in [3.63, 3.8) is 0 Å². The van der Waals surface area contributed by atoms with Gasteiger partial charge in [0, 0.05) is 155 Å². The Morgan fingerprint density at radius 1 is 0.344 bits per heavy atom. The molecule has 0 amide bonds. The Bertz CT molecular complexity index is 5280. The van der Waals surface area contributed by atoms with Crippen molar-refractivity contribution in [1.29, 1.82) is 0 Å². The smallest absolute Gasteiger partial charge is 0.404 e. The molecule has 15 N–H and O–H groups in total. The number of aromatic amines is 5. The fraction of sp³-hybridized carbons (Fsp3) is 0.344. The van der Waals surface area contributed by atoms with Crippen molar-refractivity contribution in [2.24, 2.45) is 0 Å². The lowest BCUT2D eigenvalue weighted by Gasteiger charge is -2.11. The van der Waals surface area contributed by atoms with Gasteiger partial charge in [0.05, 0.1) is 0 Å². The molecule has 30 nitrogen and oxygen atoms in total. The van der Waals surface area contributed by atoms with Crippen LogP contribution in [0.1, 0.15) is 72.3 Å². The molecule has 35 heteroatoms. The van der Waals surface area contributed by atoms with E-state index in [4.69, 9.17) is 85.9 Å². The fourth-order valence-corrected chi connectivity index (χ4v) is 10.3. The highest BCUT2D eigenvalue weighted by molar-refractivity contribution is 7.47. The number of phosphoric acid groups is 5. The van der Waals surface area contributed by atoms with Crippen molar-refractivity contribution in [2.75, 3.05) is 103 Å². The summed E-state index contributed by atoms with van der Waals surface area (Å²) in [6, 6.07) is 21.7. The zero-order valence-corrected chi connectivity index (χ0v) is 54.9. The van der Waals surface area contributed by atoms with Gasteiger partial charge in [-0.1, -0.05) is 37.8 Å². The van der Waals surface area contributed by atoms with E-state index in [1.165, 1.54) is 117 Å². The van der Waals surface area contributed by atoms with E-state index < -0.39 is 131 Å². The second-order valence-electron chi connectivity index (χ2n) is 19.5. The SMILES string of the molecule is C.[2H]C(N(C)C([2H])([2H])[2H])C([2H])([2H])c1c[nH]c2cccc(OP(=O)(O)O)c12.[2H]C(N(C)C([2H])([2H])[2H])C([2H])([2H])c1c[nH]c2cccc(OP(=O)(O)O)c12.[2H]C(c1c[nH]c2cccc(OP(=O)(O)O)c12)C([2H])([2H])N(C)C.[2H]C(c1c[nH]c2cccc(OP(=O)(O)O)c12)C([2H])([2H])N(C)C([2H])([2H])[2H].[2H]C(c1c[nH]c2cccc(OP(=O)(O)O)c12)C([2H])([2H])N(C)C([2H])([2H])[2H]. The van der Waals surface area contributed by atoms with E-state index in [2.05, 4.69) is 47.5 Å². The summed E-state index contributed by atoms with van der Waals surface area (Å²) in [5.41, 5.74) is 1.91. The molecule has 0 saturated heterocycles. The molecule has 10 rings (SSSR count). The zero-order chi connectivity index (χ0) is 93.5. The highest BCUT2D eigenvalue weighted by Crippen LogP contribution is 2.46. The van der Waals surface area contributed by atoms with E-state index in [-0.39, 0.29) is 90.9 Å². The van der Waals surface area contributed by atoms with Crippen LogP contribution in [0.3, 0.4) is 0 Å². The maximum Gasteiger partial charge on any atom is 0.524 e. The molecule has 0 aliphatic carbocycles. The first-order valence-electron chi connectivity index (χ1n) is 40.4. The third kappa shape index (κ3) is 26.0. The maximum absolute atomic E-state index is 11.1. The molecule has 10 aromatic rings. The highest BCUT2D eigenvalue weighted by atomic mass is 31.2. The van der Waals surface area contributed by atoms with Crippen molar-refractivity contribution < 1.29 is 131 Å². The van der Waals surface area contributed by atoms with Crippen LogP contribution in [0.25, 0.3) is 54.5 Å². The minimum absolute atomic E-state index is 0. The molecular weight excluding hydrogens is 1350 g/mol. The van der Waals surface area contributed by atoms with Crippen LogP contribution in [0.4, 0.5) is 0 Å². The summed E-state index contributed by atoms with van der Waals surface area (Å²) >= 11 is 0. The number of aromatic nitrogens is 5. The van der Waals surface area contributed by atoms with Gasteiger partial charge in [-0.2, -0.15) is 0 Å². The number of nitrogens with zero attached hydrogens (tertiary/aromatic N) is 5. The van der Waals surface area contributed by atoms with Gasteiger partial charge in [0.25, 0.3) is 0 Å². The average Bonchev–Trinajstić information content (AvgIpc) is 1.61. The van der Waals surface area contributed by atoms with Gasteiger partial charge in [-0.05, 0) is 191 Å². The summed E-state index contributed by atoms with van der Waals surface area (Å²) in [4.78, 5) is 107. The lowest BCUT2D eigenvalue weighted by atomic mass is 10.1. The number of rotatable bonds is 25. The Morgan fingerprint density at radius 2 is 0.552 bits per heavy atom. The van der Waals surface area contributed by atoms with Crippen LogP contribution in [-0.2, 0) is 54.8 Å². The molecule has 0 aliphatic rings. The van der Waals surface area contributed by atoms with E-state index >= 15 is 0 Å². The molecule has 0 spiro atoms. The maximum atomic E-state index is 11.1. The standard InChI is InChI=1S/5C12H17N2O4P.CH4/c5*1-14(2)7-6-9-8-13-10-4-3-5-11(12(9)10)18-19(15,16)17;/h5*3-5,8,13H,6-7H2,1-2H3,(H2,15,16,17);1H4/i2*1D3,6D2,7D;2*1D3,6D,7D2;6D,7D2;. The normalized spacial score (nSPS) is 19.2. The summed E-state index contributed by atoms with van der Waals surface area (Å²) in [5, 5.41) is 0.567. The first-order chi connectivity index (χ1) is 55.0. The van der Waals surface area contributed by atoms with Crippen molar-refractivity contribution in [2.45, 2.75) is 39.4 Å². The number of likely N-dealkylation sites (N-methyl/N-ethyl adjacent to an activating group) is 5. The van der Waals surface area contributed by atoms with Gasteiger partial charge in [0.15, 0.2) is 0 Å². The van der Waals surface area contributed by atoms with Gasteiger partial charge in [-0.25, -0.2) is 22.8 Å². The lowest BCUT2D eigenvalue weighted by Crippen LogP contribution is -2.14. The Kier molecular flexibility index (Phi) is 17.7. The lowest BCUT2D eigenvalue weighted by molar-refractivity contribution is 0.282. The van der Waals surface area contributed by atoms with Crippen molar-refractivity contribution >= 4 is 93.6 Å². The predicted octanol–water partition coefficient (Wildman–Crippen LogP) is 9.35. The summed E-state index contributed by atoms with van der Waals surface area (Å²) in [7, 11) is -17.0. The van der Waals surface area contributed by atoms with Gasteiger partial charge >= 0.3 is 39.1 Å². The molecule has 5 atom stereocenters. The summed E-state index contributed by atoms with van der Waals surface area (Å²) in [5.74, 6) is -1.09. The molecule has 0 radical (unpaired) electrons. The van der Waals surface area contributed by atoms with Gasteiger partial charge in [0.2, 0.25) is 0 Å². The third-order valence-electron chi connectivity index (χ3n) is 11.6. The number of benzene rings is 5. The minimum Gasteiger partial charge on any atom is -0.404 e. The topological polar surface area (TPSA) is 429 Å². The minimum atomic E-state index is -4.89. The van der Waals surface area contributed by atoms with Crippen LogP contribution in [0, 0.1) is 0 Å². The summed E-state index contributed by atoms with van der Waals surface area (Å²) < 4.78 is 288. The number of hydrogen-bond acceptors (Lipinski definition) is 15. The third-order valence-corrected chi connectivity index (χ3v) is 13.8. The van der Waals surface area contributed by atoms with E-state index in [0.717, 1.165) is 28.2 Å². The molecule has 0 saturated carbocycles. The molecule has 0 aliphatic heterocycles. The fourth-order valence-electron chi connectivity index (χ4n) is 8.29. The molecule has 5 heterocycles. The van der Waals surface area contributed by atoms with Gasteiger partial charge in [-0.3, -0.25) is 48.9 Å². The number of H-pyrrole nitrogens is 5. The van der Waals surface area contributed by atoms with Crippen LogP contribution >= 0.6 is 39.1 Å². The van der Waals surface area contributed by atoms with Crippen LogP contribution in [0.5, 0.6) is 28.7 Å². The average molecular weight is 1460 g/mol. The van der Waals surface area contributed by atoms with Gasteiger partial charge in [-0.15, -0.1) is 0 Å². The second-order valence-corrected chi connectivity index (χ2v) is 25.4. The molecule has 5 aromatic carbocycles. The van der Waals surface area contributed by atoms with Crippen molar-refractivity contribution in [3.05, 3.63) is 150 Å². The van der Waals surface area contributed by atoms with Crippen LogP contribution in [0.2, 0.25) is 0 Å². The molecule has 0 bridgehead atoms. The van der Waals surface area contributed by atoms with E-state index in [0.29, 0.717) is 47.2 Å². The molecule has 5 aromatic heterocycles. The number of fused-ring (bicyclic) bond motifs is 5.